The van der Waals surface area contributed by atoms with Crippen LogP contribution >= 0.6 is 0 Å². The fourth-order valence-corrected chi connectivity index (χ4v) is 5.92. The molecule has 1 aromatic carbocycles. The molecule has 4 aliphatic carbocycles. The molecule has 29 heavy (non-hydrogen) atoms. The van der Waals surface area contributed by atoms with Gasteiger partial charge in [0.2, 0.25) is 0 Å². The highest BCUT2D eigenvalue weighted by Gasteiger charge is 2.56. The number of hydrogen-bond donors (Lipinski definition) is 2. The largest absolute Gasteiger partial charge is 0.508 e. The molecule has 6 rings (SSSR count). The highest BCUT2D eigenvalue weighted by Crippen LogP contribution is 2.60. The summed E-state index contributed by atoms with van der Waals surface area (Å²) < 4.78 is 0. The molecular weight excluding hydrogens is 368 g/mol. The average molecular weight is 390 g/mol. The van der Waals surface area contributed by atoms with E-state index >= 15 is 0 Å². The van der Waals surface area contributed by atoms with Crippen LogP contribution in [0.1, 0.15) is 43.2 Å². The molecule has 1 aromatic heterocycles. The van der Waals surface area contributed by atoms with Crippen molar-refractivity contribution in [3.8, 4) is 17.1 Å². The van der Waals surface area contributed by atoms with Gasteiger partial charge in [0.25, 0.3) is 0 Å². The molecule has 148 valence electrons. The van der Waals surface area contributed by atoms with Gasteiger partial charge in [-0.2, -0.15) is 0 Å². The third-order valence-electron chi connectivity index (χ3n) is 6.91. The van der Waals surface area contributed by atoms with Crippen LogP contribution in [0.3, 0.4) is 0 Å². The van der Waals surface area contributed by atoms with Crippen molar-refractivity contribution in [3.05, 3.63) is 47.8 Å². The lowest BCUT2D eigenvalue weighted by Crippen LogP contribution is -2.53. The second kappa shape index (κ2) is 6.51. The number of carbonyl (C=O) groups is 2. The highest BCUT2D eigenvalue weighted by molar-refractivity contribution is 5.86. The molecule has 0 radical (unpaired) electrons. The summed E-state index contributed by atoms with van der Waals surface area (Å²) in [5, 5.41) is 19.4. The van der Waals surface area contributed by atoms with E-state index in [1.54, 1.807) is 24.5 Å². The summed E-state index contributed by atoms with van der Waals surface area (Å²) >= 11 is 0. The Morgan fingerprint density at radius 2 is 1.79 bits per heavy atom. The number of carboxylic acids is 1. The molecule has 2 N–H and O–H groups in total. The number of aromatic nitrogens is 2. The number of carbonyl (C=O) groups excluding carboxylic acids is 1. The van der Waals surface area contributed by atoms with Crippen LogP contribution in [0, 0.1) is 17.8 Å². The monoisotopic (exact) mass is 390 g/mol. The van der Waals surface area contributed by atoms with Gasteiger partial charge in [-0.25, -0.2) is 14.8 Å². The third-order valence-corrected chi connectivity index (χ3v) is 6.91. The van der Waals surface area contributed by atoms with Crippen molar-refractivity contribution in [1.29, 1.82) is 0 Å². The van der Waals surface area contributed by atoms with Gasteiger partial charge in [0.15, 0.2) is 5.82 Å². The normalized spacial score (nSPS) is 30.2. The van der Waals surface area contributed by atoms with E-state index in [-0.39, 0.29) is 23.0 Å². The Kier molecular flexibility index (Phi) is 4.05. The lowest BCUT2D eigenvalue weighted by molar-refractivity contribution is -0.142. The van der Waals surface area contributed by atoms with Gasteiger partial charge in [0, 0.05) is 52.4 Å². The predicted molar refractivity (Wildman–Crippen MR) is 106 cm³/mol. The zero-order chi connectivity index (χ0) is 20.2. The summed E-state index contributed by atoms with van der Waals surface area (Å²) in [6.45, 7) is 0. The molecule has 6 heteroatoms. The number of carboxylic acid groups (broad SMARTS) is 1. The fraction of sp³-hybridized carbons (Fsp3) is 0.391. The topological polar surface area (TPSA) is 100 Å². The van der Waals surface area contributed by atoms with Crippen LogP contribution in [0.2, 0.25) is 0 Å². The first-order valence-corrected chi connectivity index (χ1v) is 10.0. The summed E-state index contributed by atoms with van der Waals surface area (Å²) in [4.78, 5) is 31.9. The number of ketones is 1. The van der Waals surface area contributed by atoms with Crippen LogP contribution in [-0.2, 0) is 15.0 Å². The standard InChI is InChI=1S/C23H22N2O4/c26-19-3-2-15(22-24-11-13(12-25-22)1-4-20(27)28)7-18(19)23-8-14-5-16(9-23)21(29)17(6-14)10-23/h1-4,7,11-12,14,16-17,26H,5-6,8-10H2,(H,27,28). The first-order chi connectivity index (χ1) is 13.9. The van der Waals surface area contributed by atoms with Crippen molar-refractivity contribution in [1.82, 2.24) is 9.97 Å². The first kappa shape index (κ1) is 18.0. The van der Waals surface area contributed by atoms with Crippen molar-refractivity contribution < 1.29 is 19.8 Å². The van der Waals surface area contributed by atoms with Crippen molar-refractivity contribution in [3.63, 3.8) is 0 Å². The fourth-order valence-electron chi connectivity index (χ4n) is 5.92. The number of aliphatic carboxylic acids is 1. The van der Waals surface area contributed by atoms with E-state index in [4.69, 9.17) is 5.11 Å². The van der Waals surface area contributed by atoms with E-state index in [0.29, 0.717) is 23.1 Å². The Bertz CT molecular complexity index is 1010. The second-order valence-electron chi connectivity index (χ2n) is 8.77. The maximum Gasteiger partial charge on any atom is 0.328 e. The molecule has 0 spiro atoms. The van der Waals surface area contributed by atoms with Crippen molar-refractivity contribution in [2.75, 3.05) is 0 Å². The molecule has 4 fully saturated rings. The summed E-state index contributed by atoms with van der Waals surface area (Å²) in [6, 6.07) is 5.48. The Morgan fingerprint density at radius 3 is 2.45 bits per heavy atom. The zero-order valence-corrected chi connectivity index (χ0v) is 15.9. The molecule has 2 atom stereocenters. The van der Waals surface area contributed by atoms with Gasteiger partial charge >= 0.3 is 5.97 Å². The molecule has 6 nitrogen and oxygen atoms in total. The molecule has 4 bridgehead atoms. The number of hydrogen-bond acceptors (Lipinski definition) is 5. The molecule has 2 aromatic rings. The van der Waals surface area contributed by atoms with Crippen LogP contribution in [0.25, 0.3) is 17.5 Å². The number of phenolic OH excluding ortho intramolecular Hbond substituents is 1. The van der Waals surface area contributed by atoms with Crippen molar-refractivity contribution in [2.45, 2.75) is 37.5 Å². The molecule has 0 amide bonds. The molecule has 2 unspecified atom stereocenters. The molecular formula is C23H22N2O4. The summed E-state index contributed by atoms with van der Waals surface area (Å²) in [5.41, 5.74) is 2.21. The van der Waals surface area contributed by atoms with Crippen molar-refractivity contribution in [2.24, 2.45) is 17.8 Å². The number of nitrogens with zero attached hydrogens (tertiary/aromatic N) is 2. The maximum absolute atomic E-state index is 12.5. The van der Waals surface area contributed by atoms with E-state index < -0.39 is 5.97 Å². The minimum Gasteiger partial charge on any atom is -0.508 e. The van der Waals surface area contributed by atoms with Crippen LogP contribution in [-0.4, -0.2) is 31.9 Å². The molecule has 0 aliphatic heterocycles. The number of Topliss-reactive ketones (excluding diaryl/α,β-unsaturated/α-hetero) is 1. The second-order valence-corrected chi connectivity index (χ2v) is 8.77. The Hall–Kier alpha value is -3.02. The van der Waals surface area contributed by atoms with E-state index in [2.05, 4.69) is 9.97 Å². The molecule has 4 aliphatic rings. The number of benzene rings is 1. The summed E-state index contributed by atoms with van der Waals surface area (Å²) in [6.07, 6.45) is 10.4. The SMILES string of the molecule is O=C(O)C=Cc1cnc(-c2ccc(O)c(C34CC5CC(C3)C(=O)C(C5)C4)c2)nc1. The minimum absolute atomic E-state index is 0.130. The molecule has 4 saturated carbocycles. The Morgan fingerprint density at radius 1 is 1.10 bits per heavy atom. The maximum atomic E-state index is 12.5. The Labute approximate surface area is 168 Å². The van der Waals surface area contributed by atoms with Gasteiger partial charge in [-0.15, -0.1) is 0 Å². The van der Waals surface area contributed by atoms with Crippen LogP contribution < -0.4 is 0 Å². The molecule has 0 saturated heterocycles. The van der Waals surface area contributed by atoms with Gasteiger partial charge in [-0.1, -0.05) is 0 Å². The minimum atomic E-state index is -1.02. The van der Waals surface area contributed by atoms with E-state index in [1.807, 2.05) is 6.07 Å². The van der Waals surface area contributed by atoms with E-state index in [1.165, 1.54) is 6.08 Å². The van der Waals surface area contributed by atoms with E-state index in [0.717, 1.165) is 49.3 Å². The van der Waals surface area contributed by atoms with Crippen LogP contribution in [0.4, 0.5) is 0 Å². The van der Waals surface area contributed by atoms with Crippen LogP contribution in [0.15, 0.2) is 36.7 Å². The highest BCUT2D eigenvalue weighted by atomic mass is 16.4. The molecule has 1 heterocycles. The first-order valence-electron chi connectivity index (χ1n) is 10.0. The number of rotatable bonds is 4. The van der Waals surface area contributed by atoms with E-state index in [9.17, 15) is 14.7 Å². The average Bonchev–Trinajstić information content (AvgIpc) is 2.70. The van der Waals surface area contributed by atoms with Gasteiger partial charge in [-0.3, -0.25) is 4.79 Å². The van der Waals surface area contributed by atoms with Gasteiger partial charge in [-0.05, 0) is 62.3 Å². The van der Waals surface area contributed by atoms with Gasteiger partial charge in [0.1, 0.15) is 11.5 Å². The Balaban J connectivity index is 1.49. The van der Waals surface area contributed by atoms with Gasteiger partial charge in [0.05, 0.1) is 0 Å². The zero-order valence-electron chi connectivity index (χ0n) is 15.9. The van der Waals surface area contributed by atoms with Gasteiger partial charge < -0.3 is 10.2 Å². The lowest BCUT2D eigenvalue weighted by atomic mass is 9.47. The summed E-state index contributed by atoms with van der Waals surface area (Å²) in [5.74, 6) is 1.07. The number of aromatic hydroxyl groups is 1. The van der Waals surface area contributed by atoms with Crippen molar-refractivity contribution >= 4 is 17.8 Å². The summed E-state index contributed by atoms with van der Waals surface area (Å²) in [7, 11) is 0. The number of phenols is 1. The quantitative estimate of drug-likeness (QED) is 0.774. The predicted octanol–water partition coefficient (Wildman–Crippen LogP) is 3.59. The van der Waals surface area contributed by atoms with Crippen LogP contribution in [0.5, 0.6) is 5.75 Å². The lowest BCUT2D eigenvalue weighted by Gasteiger charge is -2.56. The smallest absolute Gasteiger partial charge is 0.328 e. The third kappa shape index (κ3) is 3.03.